The van der Waals surface area contributed by atoms with Gasteiger partial charge in [0.15, 0.2) is 10.8 Å². The Hall–Kier alpha value is -1.71. The fraction of sp³-hybridized carbons (Fsp3) is 0.429. The second kappa shape index (κ2) is 6.81. The zero-order chi connectivity index (χ0) is 16.3. The first-order valence-corrected chi connectivity index (χ1v) is 9.66. The number of carbonyl (C=O) groups is 1. The van der Waals surface area contributed by atoms with Gasteiger partial charge < -0.3 is 9.15 Å². The summed E-state index contributed by atoms with van der Waals surface area (Å²) in [6.45, 7) is 0.565. The molecule has 124 valence electrons. The zero-order valence-corrected chi connectivity index (χ0v) is 13.9. The minimum atomic E-state index is -3.74. The van der Waals surface area contributed by atoms with Crippen LogP contribution in [0.3, 0.4) is 0 Å². The number of furan rings is 1. The predicted octanol–water partition coefficient (Wildman–Crippen LogP) is 2.03. The zero-order valence-electron chi connectivity index (χ0n) is 12.2. The summed E-state index contributed by atoms with van der Waals surface area (Å²) in [5.74, 6) is -0.355. The molecule has 0 bridgehead atoms. The molecule has 2 aromatic heterocycles. The molecule has 0 aromatic carbocycles. The van der Waals surface area contributed by atoms with Crippen molar-refractivity contribution in [1.82, 2.24) is 9.71 Å². The molecule has 1 amide bonds. The molecule has 1 aliphatic rings. The van der Waals surface area contributed by atoms with Crippen molar-refractivity contribution in [3.8, 4) is 10.8 Å². The number of carbonyl (C=O) groups excluding carboxylic acids is 1. The number of amides is 1. The van der Waals surface area contributed by atoms with Crippen LogP contribution in [0.15, 0.2) is 29.0 Å². The van der Waals surface area contributed by atoms with E-state index in [4.69, 9.17) is 9.15 Å². The largest absolute Gasteiger partial charge is 0.462 e. The van der Waals surface area contributed by atoms with Crippen LogP contribution in [0.4, 0.5) is 0 Å². The maximum absolute atomic E-state index is 12.1. The van der Waals surface area contributed by atoms with E-state index < -0.39 is 15.9 Å². The van der Waals surface area contributed by atoms with Gasteiger partial charge in [0.05, 0.1) is 24.3 Å². The topological polar surface area (TPSA) is 98.5 Å². The molecule has 1 N–H and O–H groups in total. The Bertz CT molecular complexity index is 761. The molecule has 7 nitrogen and oxygen atoms in total. The molecular formula is C14H16N2O5S2. The van der Waals surface area contributed by atoms with E-state index in [1.165, 1.54) is 12.5 Å². The van der Waals surface area contributed by atoms with Crippen molar-refractivity contribution in [3.05, 3.63) is 29.5 Å². The summed E-state index contributed by atoms with van der Waals surface area (Å²) in [7, 11) is -3.74. The lowest BCUT2D eigenvalue weighted by Gasteiger charge is -2.22. The lowest BCUT2D eigenvalue weighted by atomic mass is 10.1. The quantitative estimate of drug-likeness (QED) is 0.880. The molecule has 0 radical (unpaired) electrons. The summed E-state index contributed by atoms with van der Waals surface area (Å²) in [5, 5.41) is 0.521. The Morgan fingerprint density at radius 2 is 2.30 bits per heavy atom. The lowest BCUT2D eigenvalue weighted by Crippen LogP contribution is -2.38. The van der Waals surface area contributed by atoms with E-state index >= 15 is 0 Å². The van der Waals surface area contributed by atoms with Crippen molar-refractivity contribution in [2.45, 2.75) is 25.4 Å². The normalized spacial score (nSPS) is 18.7. The lowest BCUT2D eigenvalue weighted by molar-refractivity contribution is 0.0304. The van der Waals surface area contributed by atoms with E-state index in [1.807, 2.05) is 0 Å². The second-order valence-corrected chi connectivity index (χ2v) is 8.01. The van der Waals surface area contributed by atoms with Gasteiger partial charge in [-0.3, -0.25) is 4.79 Å². The maximum atomic E-state index is 12.1. The van der Waals surface area contributed by atoms with E-state index in [1.54, 1.807) is 12.1 Å². The van der Waals surface area contributed by atoms with E-state index in [-0.39, 0.29) is 16.7 Å². The number of hydrogen-bond acceptors (Lipinski definition) is 7. The average molecular weight is 356 g/mol. The molecule has 23 heavy (non-hydrogen) atoms. The second-order valence-electron chi connectivity index (χ2n) is 5.21. The molecule has 0 spiro atoms. The Balaban J connectivity index is 1.64. The van der Waals surface area contributed by atoms with Crippen molar-refractivity contribution in [3.63, 3.8) is 0 Å². The smallest absolute Gasteiger partial charge is 0.276 e. The van der Waals surface area contributed by atoms with E-state index in [0.717, 1.165) is 24.2 Å². The molecule has 1 fully saturated rings. The molecule has 0 unspecified atom stereocenters. The standard InChI is InChI=1S/C14H16N2O5S2/c17-13(12-8-15-14(22-12)11-5-3-7-21-11)16-23(18,19)9-10-4-1-2-6-20-10/h3,5,7-8,10H,1-2,4,6,9H2,(H,16,17)/t10-/m1/s1. The van der Waals surface area contributed by atoms with Gasteiger partial charge in [-0.05, 0) is 31.4 Å². The number of ether oxygens (including phenoxy) is 1. The van der Waals surface area contributed by atoms with E-state index in [9.17, 15) is 13.2 Å². The Morgan fingerprint density at radius 3 is 3.00 bits per heavy atom. The summed E-state index contributed by atoms with van der Waals surface area (Å²) in [6, 6.07) is 3.43. The van der Waals surface area contributed by atoms with Gasteiger partial charge in [0, 0.05) is 6.61 Å². The van der Waals surface area contributed by atoms with Gasteiger partial charge in [0.2, 0.25) is 10.0 Å². The van der Waals surface area contributed by atoms with Gasteiger partial charge in [0.1, 0.15) is 4.88 Å². The van der Waals surface area contributed by atoms with Crippen LogP contribution in [0.2, 0.25) is 0 Å². The van der Waals surface area contributed by atoms with Crippen LogP contribution in [0.25, 0.3) is 10.8 Å². The summed E-state index contributed by atoms with van der Waals surface area (Å²) in [6.07, 6.45) is 5.07. The fourth-order valence-corrected chi connectivity index (χ4v) is 4.38. The third kappa shape index (κ3) is 4.18. The van der Waals surface area contributed by atoms with Crippen molar-refractivity contribution in [2.24, 2.45) is 0 Å². The van der Waals surface area contributed by atoms with Gasteiger partial charge in [-0.15, -0.1) is 11.3 Å². The van der Waals surface area contributed by atoms with Gasteiger partial charge in [-0.2, -0.15) is 0 Å². The predicted molar refractivity (Wildman–Crippen MR) is 84.7 cm³/mol. The Kier molecular flexibility index (Phi) is 4.79. The van der Waals surface area contributed by atoms with Gasteiger partial charge in [0.25, 0.3) is 5.91 Å². The van der Waals surface area contributed by atoms with Crippen LogP contribution in [0, 0.1) is 0 Å². The molecular weight excluding hydrogens is 340 g/mol. The third-order valence-electron chi connectivity index (χ3n) is 3.39. The van der Waals surface area contributed by atoms with E-state index in [0.29, 0.717) is 23.8 Å². The molecule has 1 atom stereocenters. The summed E-state index contributed by atoms with van der Waals surface area (Å²) in [5.41, 5.74) is 0. The summed E-state index contributed by atoms with van der Waals surface area (Å²) >= 11 is 1.07. The van der Waals surface area contributed by atoms with Gasteiger partial charge in [-0.1, -0.05) is 0 Å². The number of thiazole rings is 1. The highest BCUT2D eigenvalue weighted by Gasteiger charge is 2.25. The van der Waals surface area contributed by atoms with E-state index in [2.05, 4.69) is 9.71 Å². The number of rotatable bonds is 5. The minimum Gasteiger partial charge on any atom is -0.462 e. The van der Waals surface area contributed by atoms with Gasteiger partial charge >= 0.3 is 0 Å². The number of nitrogens with one attached hydrogen (secondary N) is 1. The maximum Gasteiger partial charge on any atom is 0.276 e. The monoisotopic (exact) mass is 356 g/mol. The van der Waals surface area contributed by atoms with Crippen molar-refractivity contribution >= 4 is 27.3 Å². The number of nitrogens with zero attached hydrogens (tertiary/aromatic N) is 1. The Morgan fingerprint density at radius 1 is 1.43 bits per heavy atom. The molecule has 2 aromatic rings. The fourth-order valence-electron chi connectivity index (χ4n) is 2.31. The van der Waals surface area contributed by atoms with Crippen molar-refractivity contribution in [1.29, 1.82) is 0 Å². The highest BCUT2D eigenvalue weighted by Crippen LogP contribution is 2.25. The molecule has 0 saturated carbocycles. The third-order valence-corrected chi connectivity index (χ3v) is 5.71. The average Bonchev–Trinajstić information content (AvgIpc) is 3.18. The SMILES string of the molecule is O=C(NS(=O)(=O)C[C@H]1CCCCO1)c1cnc(-c2ccco2)s1. The number of sulfonamides is 1. The molecule has 1 aliphatic heterocycles. The van der Waals surface area contributed by atoms with Crippen molar-refractivity contribution in [2.75, 3.05) is 12.4 Å². The van der Waals surface area contributed by atoms with Crippen LogP contribution in [-0.4, -0.2) is 37.8 Å². The highest BCUT2D eigenvalue weighted by molar-refractivity contribution is 7.90. The summed E-state index contributed by atoms with van der Waals surface area (Å²) < 4.78 is 36.8. The first kappa shape index (κ1) is 16.2. The molecule has 0 aliphatic carbocycles. The van der Waals surface area contributed by atoms with Gasteiger partial charge in [-0.25, -0.2) is 18.1 Å². The van der Waals surface area contributed by atoms with Crippen molar-refractivity contribution < 1.29 is 22.4 Å². The van der Waals surface area contributed by atoms with Crippen LogP contribution in [0.5, 0.6) is 0 Å². The summed E-state index contributed by atoms with van der Waals surface area (Å²) in [4.78, 5) is 16.4. The first-order valence-electron chi connectivity index (χ1n) is 7.20. The first-order chi connectivity index (χ1) is 11.0. The molecule has 3 heterocycles. The minimum absolute atomic E-state index is 0.206. The molecule has 1 saturated heterocycles. The number of hydrogen-bond donors (Lipinski definition) is 1. The highest BCUT2D eigenvalue weighted by atomic mass is 32.2. The molecule has 3 rings (SSSR count). The number of aromatic nitrogens is 1. The Labute approximate surface area is 137 Å². The van der Waals surface area contributed by atoms with Crippen LogP contribution < -0.4 is 4.72 Å². The van der Waals surface area contributed by atoms with Crippen LogP contribution in [0.1, 0.15) is 28.9 Å². The van der Waals surface area contributed by atoms with Crippen LogP contribution >= 0.6 is 11.3 Å². The molecule has 9 heteroatoms. The van der Waals surface area contributed by atoms with Crippen LogP contribution in [-0.2, 0) is 14.8 Å².